The van der Waals surface area contributed by atoms with E-state index in [-0.39, 0.29) is 47.9 Å². The SMILES string of the molecule is C[C@@H]1CN(c2ccc3c(c2)C(=O)N(C2CCC(=O)NC2=O)C3=O)C[C@@H](C)N1CCc1ccc(C(=O)CC2CCC(Oc3ccc(C#N)c(Cl)c3)CC2)cc1. The first kappa shape index (κ1) is 37.3. The lowest BCUT2D eigenvalue weighted by molar-refractivity contribution is -0.136. The smallest absolute Gasteiger partial charge is 0.262 e. The average molecular weight is 750 g/mol. The largest absolute Gasteiger partial charge is 0.490 e. The second kappa shape index (κ2) is 15.7. The highest BCUT2D eigenvalue weighted by Gasteiger charge is 2.45. The minimum atomic E-state index is -0.986. The number of piperazine rings is 1. The third kappa shape index (κ3) is 7.77. The third-order valence-electron chi connectivity index (χ3n) is 11.5. The number of carbonyl (C=O) groups excluding carboxylic acids is 5. The summed E-state index contributed by atoms with van der Waals surface area (Å²) >= 11 is 6.16. The maximum Gasteiger partial charge on any atom is 0.262 e. The van der Waals surface area contributed by atoms with Gasteiger partial charge in [0.15, 0.2) is 5.78 Å². The monoisotopic (exact) mass is 749 g/mol. The maximum absolute atomic E-state index is 13.4. The number of nitrogens with zero attached hydrogens (tertiary/aromatic N) is 4. The van der Waals surface area contributed by atoms with E-state index in [0.29, 0.717) is 28.7 Å². The second-order valence-electron chi connectivity index (χ2n) is 15.1. The van der Waals surface area contributed by atoms with Crippen molar-refractivity contribution in [3.05, 3.63) is 93.5 Å². The highest BCUT2D eigenvalue weighted by molar-refractivity contribution is 6.31. The Hall–Kier alpha value is -5.05. The number of fused-ring (bicyclic) bond motifs is 1. The summed E-state index contributed by atoms with van der Waals surface area (Å²) in [6.07, 6.45) is 5.26. The van der Waals surface area contributed by atoms with Crippen molar-refractivity contribution in [1.29, 1.82) is 5.26 Å². The molecule has 0 radical (unpaired) electrons. The first-order valence-electron chi connectivity index (χ1n) is 18.8. The molecule has 3 fully saturated rings. The number of nitriles is 1. The standard InChI is InChI=1S/C42H44ClN5O6/c1-25-23-46(31-10-14-34-35(20-31)42(53)48(41(34)52)37-15-16-39(50)45-40(37)51)24-26(2)47(25)18-17-27-3-7-29(8-4-27)38(49)19-28-5-11-32(12-6-28)54-33-13-9-30(22-44)36(43)21-33/h3-4,7-10,13-14,20-21,25-26,28,32,37H,5-6,11-12,15-19,23-24H2,1-2H3,(H,45,50,51)/t25-,26-,28?,32?,37?/m1/s1. The summed E-state index contributed by atoms with van der Waals surface area (Å²) in [6.45, 7) is 6.74. The lowest BCUT2D eigenvalue weighted by Crippen LogP contribution is -2.57. The predicted molar refractivity (Wildman–Crippen MR) is 203 cm³/mol. The highest BCUT2D eigenvalue weighted by Crippen LogP contribution is 2.34. The number of carbonyl (C=O) groups is 5. The van der Waals surface area contributed by atoms with Gasteiger partial charge in [0.2, 0.25) is 11.8 Å². The number of amides is 4. The molecule has 2 saturated heterocycles. The van der Waals surface area contributed by atoms with E-state index in [1.807, 2.05) is 18.2 Å². The van der Waals surface area contributed by atoms with Gasteiger partial charge in [-0.15, -0.1) is 0 Å². The van der Waals surface area contributed by atoms with Crippen molar-refractivity contribution in [2.24, 2.45) is 5.92 Å². The summed E-state index contributed by atoms with van der Waals surface area (Å²) in [5.74, 6) is -0.850. The van der Waals surface area contributed by atoms with Crippen molar-refractivity contribution in [1.82, 2.24) is 15.1 Å². The number of ether oxygens (including phenoxy) is 1. The fourth-order valence-electron chi connectivity index (χ4n) is 8.47. The van der Waals surface area contributed by atoms with Crippen LogP contribution < -0.4 is 15.0 Å². The van der Waals surface area contributed by atoms with Gasteiger partial charge in [-0.1, -0.05) is 35.9 Å². The van der Waals surface area contributed by atoms with Crippen LogP contribution in [-0.2, 0) is 16.0 Å². The Kier molecular flexibility index (Phi) is 10.9. The Bertz CT molecular complexity index is 2010. The number of anilines is 1. The van der Waals surface area contributed by atoms with Crippen LogP contribution in [0.2, 0.25) is 5.02 Å². The molecule has 3 atom stereocenters. The van der Waals surface area contributed by atoms with Gasteiger partial charge in [0.1, 0.15) is 17.9 Å². The van der Waals surface area contributed by atoms with Gasteiger partial charge in [-0.2, -0.15) is 5.26 Å². The minimum Gasteiger partial charge on any atom is -0.490 e. The van der Waals surface area contributed by atoms with E-state index in [0.717, 1.165) is 67.9 Å². The predicted octanol–water partition coefficient (Wildman–Crippen LogP) is 5.97. The molecule has 1 aliphatic carbocycles. The molecule has 12 heteroatoms. The molecule has 0 spiro atoms. The van der Waals surface area contributed by atoms with Crippen molar-refractivity contribution in [2.45, 2.75) is 89.4 Å². The first-order chi connectivity index (χ1) is 26.0. The summed E-state index contributed by atoms with van der Waals surface area (Å²) in [6, 6.07) is 20.0. The van der Waals surface area contributed by atoms with Crippen molar-refractivity contribution >= 4 is 46.7 Å². The van der Waals surface area contributed by atoms with Gasteiger partial charge < -0.3 is 9.64 Å². The lowest BCUT2D eigenvalue weighted by Gasteiger charge is -2.45. The van der Waals surface area contributed by atoms with E-state index in [1.54, 1.807) is 30.3 Å². The lowest BCUT2D eigenvalue weighted by atomic mass is 9.83. The molecule has 4 aliphatic rings. The number of imide groups is 2. The van der Waals surface area contributed by atoms with Gasteiger partial charge in [-0.3, -0.25) is 39.1 Å². The van der Waals surface area contributed by atoms with Gasteiger partial charge >= 0.3 is 0 Å². The normalized spacial score (nSPS) is 24.6. The van der Waals surface area contributed by atoms with Crippen LogP contribution in [0.25, 0.3) is 0 Å². The Morgan fingerprint density at radius 1 is 0.889 bits per heavy atom. The number of halogens is 1. The fraction of sp³-hybridized carbons (Fsp3) is 0.429. The third-order valence-corrected chi connectivity index (χ3v) is 11.8. The molecule has 1 unspecified atom stereocenters. The molecule has 3 aromatic rings. The molecule has 4 amide bonds. The second-order valence-corrected chi connectivity index (χ2v) is 15.5. The minimum absolute atomic E-state index is 0.0737. The van der Waals surface area contributed by atoms with Crippen LogP contribution in [0.1, 0.15) is 101 Å². The molecule has 3 heterocycles. The van der Waals surface area contributed by atoms with E-state index < -0.39 is 29.7 Å². The number of Topliss-reactive ketones (excluding diaryl/α,β-unsaturated/α-hetero) is 1. The zero-order valence-electron chi connectivity index (χ0n) is 30.6. The number of piperidine rings is 1. The van der Waals surface area contributed by atoms with E-state index in [1.165, 1.54) is 5.56 Å². The number of ketones is 1. The molecule has 0 bridgehead atoms. The van der Waals surface area contributed by atoms with Crippen LogP contribution in [-0.4, -0.2) is 83.1 Å². The number of hydrogen-bond donors (Lipinski definition) is 1. The number of nitrogens with one attached hydrogen (secondary N) is 1. The number of rotatable bonds is 10. The summed E-state index contributed by atoms with van der Waals surface area (Å²) in [5, 5.41) is 11.7. The Morgan fingerprint density at radius 2 is 1.59 bits per heavy atom. The molecule has 3 aromatic carbocycles. The van der Waals surface area contributed by atoms with Gasteiger partial charge in [-0.25, -0.2) is 0 Å². The summed E-state index contributed by atoms with van der Waals surface area (Å²) in [4.78, 5) is 69.5. The Labute approximate surface area is 320 Å². The molecule has 1 N–H and O–H groups in total. The van der Waals surface area contributed by atoms with Gasteiger partial charge in [0.25, 0.3) is 11.8 Å². The van der Waals surface area contributed by atoms with Gasteiger partial charge in [0, 0.05) is 61.9 Å². The molecule has 1 saturated carbocycles. The van der Waals surface area contributed by atoms with Crippen LogP contribution in [0.5, 0.6) is 5.75 Å². The topological polar surface area (TPSA) is 140 Å². The molecule has 0 aromatic heterocycles. The van der Waals surface area contributed by atoms with E-state index in [9.17, 15) is 24.0 Å². The summed E-state index contributed by atoms with van der Waals surface area (Å²) in [5.41, 5.74) is 3.77. The summed E-state index contributed by atoms with van der Waals surface area (Å²) in [7, 11) is 0. The zero-order valence-corrected chi connectivity index (χ0v) is 31.3. The van der Waals surface area contributed by atoms with E-state index >= 15 is 0 Å². The zero-order chi connectivity index (χ0) is 38.1. The molecule has 7 rings (SSSR count). The van der Waals surface area contributed by atoms with Crippen LogP contribution in [0.3, 0.4) is 0 Å². The van der Waals surface area contributed by atoms with Crippen LogP contribution in [0.4, 0.5) is 5.69 Å². The summed E-state index contributed by atoms with van der Waals surface area (Å²) < 4.78 is 6.11. The molecule has 54 heavy (non-hydrogen) atoms. The molecule has 280 valence electrons. The highest BCUT2D eigenvalue weighted by atomic mass is 35.5. The van der Waals surface area contributed by atoms with Gasteiger partial charge in [-0.05, 0) is 94.2 Å². The average Bonchev–Trinajstić information content (AvgIpc) is 3.40. The Balaban J connectivity index is 0.878. The number of hydrogen-bond acceptors (Lipinski definition) is 9. The van der Waals surface area contributed by atoms with Crippen molar-refractivity contribution in [3.63, 3.8) is 0 Å². The molecule has 3 aliphatic heterocycles. The fourth-order valence-corrected chi connectivity index (χ4v) is 8.68. The van der Waals surface area contributed by atoms with Crippen molar-refractivity contribution < 1.29 is 28.7 Å². The van der Waals surface area contributed by atoms with Gasteiger partial charge in [0.05, 0.1) is 27.8 Å². The van der Waals surface area contributed by atoms with Crippen molar-refractivity contribution in [3.8, 4) is 11.8 Å². The van der Waals surface area contributed by atoms with E-state index in [4.69, 9.17) is 21.6 Å². The van der Waals surface area contributed by atoms with Crippen LogP contribution >= 0.6 is 11.6 Å². The van der Waals surface area contributed by atoms with Crippen LogP contribution in [0, 0.1) is 17.2 Å². The molecule has 11 nitrogen and oxygen atoms in total. The van der Waals surface area contributed by atoms with Crippen molar-refractivity contribution in [2.75, 3.05) is 24.5 Å². The van der Waals surface area contributed by atoms with E-state index in [2.05, 4.69) is 47.2 Å². The molecular weight excluding hydrogens is 706 g/mol. The molecular formula is C42H44ClN5O6. The maximum atomic E-state index is 13.4. The van der Waals surface area contributed by atoms with Crippen LogP contribution in [0.15, 0.2) is 60.7 Å². The Morgan fingerprint density at radius 3 is 2.26 bits per heavy atom. The number of benzene rings is 3. The first-order valence-corrected chi connectivity index (χ1v) is 19.2. The quantitative estimate of drug-likeness (QED) is 0.196.